The van der Waals surface area contributed by atoms with Crippen molar-refractivity contribution in [3.05, 3.63) is 71.6 Å². The van der Waals surface area contributed by atoms with Crippen molar-refractivity contribution in [2.24, 2.45) is 0 Å². The number of carboxylic acids is 1. The van der Waals surface area contributed by atoms with E-state index >= 15 is 0 Å². The Kier molecular flexibility index (Phi) is 7.30. The zero-order valence-corrected chi connectivity index (χ0v) is 16.5. The molecule has 2 aromatic carbocycles. The van der Waals surface area contributed by atoms with Gasteiger partial charge in [0, 0.05) is 24.7 Å². The van der Waals surface area contributed by atoms with Crippen molar-refractivity contribution in [2.45, 2.75) is 32.7 Å². The van der Waals surface area contributed by atoms with Gasteiger partial charge in [-0.1, -0.05) is 55.8 Å². The molecule has 150 valence electrons. The van der Waals surface area contributed by atoms with Gasteiger partial charge in [0.15, 0.2) is 0 Å². The third-order valence-corrected chi connectivity index (χ3v) is 4.45. The minimum Gasteiger partial charge on any atom is -0.481 e. The Labute approximate surface area is 170 Å². The van der Waals surface area contributed by atoms with Gasteiger partial charge in [-0.05, 0) is 35.3 Å². The van der Waals surface area contributed by atoms with Crippen LogP contribution >= 0.6 is 0 Å². The predicted octanol–water partition coefficient (Wildman–Crippen LogP) is 4.64. The van der Waals surface area contributed by atoms with Gasteiger partial charge < -0.3 is 14.8 Å². The van der Waals surface area contributed by atoms with E-state index in [1.165, 1.54) is 5.57 Å². The van der Waals surface area contributed by atoms with Crippen LogP contribution in [0.3, 0.4) is 0 Å². The van der Waals surface area contributed by atoms with Crippen molar-refractivity contribution in [1.29, 1.82) is 0 Å². The molecule has 2 N–H and O–H groups in total. The van der Waals surface area contributed by atoms with Crippen molar-refractivity contribution < 1.29 is 14.3 Å². The van der Waals surface area contributed by atoms with Crippen molar-refractivity contribution in [1.82, 2.24) is 15.5 Å². The highest BCUT2D eigenvalue weighted by atomic mass is 16.4. The number of rotatable bonds is 10. The quantitative estimate of drug-likeness (QED) is 0.490. The third-order valence-electron chi connectivity index (χ3n) is 4.45. The van der Waals surface area contributed by atoms with E-state index < -0.39 is 5.97 Å². The van der Waals surface area contributed by atoms with Crippen molar-refractivity contribution >= 4 is 17.6 Å². The standard InChI is InChI=1S/C23H25N3O3/c1-2-6-20(18-7-4-3-5-8-18)15-21-25-26-23(29-21)19-11-9-17(10-12-19)16-24-14-13-22(27)28/h3-5,7-12,15,24H,2,6,13-14,16H2,1H3,(H,27,28). The number of carboxylic acid groups (broad SMARTS) is 1. The number of nitrogens with zero attached hydrogens (tertiary/aromatic N) is 2. The number of benzene rings is 2. The molecule has 0 atom stereocenters. The summed E-state index contributed by atoms with van der Waals surface area (Å²) in [6.07, 6.45) is 4.03. The lowest BCUT2D eigenvalue weighted by molar-refractivity contribution is -0.136. The monoisotopic (exact) mass is 391 g/mol. The zero-order valence-electron chi connectivity index (χ0n) is 16.5. The molecule has 0 saturated carbocycles. The predicted molar refractivity (Wildman–Crippen MR) is 113 cm³/mol. The maximum atomic E-state index is 10.5. The Morgan fingerprint density at radius 2 is 1.83 bits per heavy atom. The minimum atomic E-state index is -0.802. The summed E-state index contributed by atoms with van der Waals surface area (Å²) >= 11 is 0. The van der Waals surface area contributed by atoms with Crippen molar-refractivity contribution in [3.8, 4) is 11.5 Å². The average Bonchev–Trinajstić information content (AvgIpc) is 3.20. The van der Waals surface area contributed by atoms with E-state index in [2.05, 4.69) is 34.6 Å². The first-order valence-electron chi connectivity index (χ1n) is 9.77. The van der Waals surface area contributed by atoms with Crippen LogP contribution in [0.2, 0.25) is 0 Å². The second-order valence-corrected chi connectivity index (χ2v) is 6.75. The highest BCUT2D eigenvalue weighted by Crippen LogP contribution is 2.24. The number of carbonyl (C=O) groups is 1. The van der Waals surface area contributed by atoms with E-state index in [-0.39, 0.29) is 6.42 Å². The smallest absolute Gasteiger partial charge is 0.304 e. The van der Waals surface area contributed by atoms with Crippen LogP contribution in [0.15, 0.2) is 59.0 Å². The fourth-order valence-corrected chi connectivity index (χ4v) is 2.97. The second kappa shape index (κ2) is 10.3. The van der Waals surface area contributed by atoms with Crippen LogP contribution in [-0.4, -0.2) is 27.8 Å². The zero-order chi connectivity index (χ0) is 20.5. The first-order chi connectivity index (χ1) is 14.2. The molecular formula is C23H25N3O3. The maximum absolute atomic E-state index is 10.5. The van der Waals surface area contributed by atoms with Gasteiger partial charge in [0.05, 0.1) is 6.42 Å². The lowest BCUT2D eigenvalue weighted by atomic mass is 10.0. The van der Waals surface area contributed by atoms with Gasteiger partial charge in [-0.3, -0.25) is 4.79 Å². The fraction of sp³-hybridized carbons (Fsp3) is 0.261. The Balaban J connectivity index is 1.68. The highest BCUT2D eigenvalue weighted by Gasteiger charge is 2.09. The molecule has 0 aliphatic heterocycles. The molecule has 0 fully saturated rings. The van der Waals surface area contributed by atoms with Crippen LogP contribution in [0.4, 0.5) is 0 Å². The van der Waals surface area contributed by atoms with E-state index in [0.29, 0.717) is 24.9 Å². The molecule has 1 aromatic heterocycles. The van der Waals surface area contributed by atoms with E-state index in [0.717, 1.165) is 29.5 Å². The maximum Gasteiger partial charge on any atom is 0.304 e. The summed E-state index contributed by atoms with van der Waals surface area (Å²) in [6.45, 7) is 3.20. The Hall–Kier alpha value is -3.25. The largest absolute Gasteiger partial charge is 0.481 e. The van der Waals surface area contributed by atoms with Gasteiger partial charge in [-0.2, -0.15) is 0 Å². The summed E-state index contributed by atoms with van der Waals surface area (Å²) < 4.78 is 5.85. The molecule has 6 nitrogen and oxygen atoms in total. The van der Waals surface area contributed by atoms with Crippen LogP contribution < -0.4 is 5.32 Å². The van der Waals surface area contributed by atoms with Crippen LogP contribution in [0.25, 0.3) is 23.1 Å². The molecule has 0 radical (unpaired) electrons. The number of hydrogen-bond donors (Lipinski definition) is 2. The van der Waals surface area contributed by atoms with E-state index in [1.807, 2.05) is 48.5 Å². The molecule has 0 aliphatic rings. The van der Waals surface area contributed by atoms with E-state index in [9.17, 15) is 4.79 Å². The Morgan fingerprint density at radius 1 is 1.07 bits per heavy atom. The summed E-state index contributed by atoms with van der Waals surface area (Å²) in [5.41, 5.74) is 4.25. The number of allylic oxidation sites excluding steroid dienone is 1. The first-order valence-corrected chi connectivity index (χ1v) is 9.77. The lowest BCUT2D eigenvalue weighted by Crippen LogP contribution is -2.17. The van der Waals surface area contributed by atoms with Gasteiger partial charge in [0.2, 0.25) is 11.8 Å². The van der Waals surface area contributed by atoms with Gasteiger partial charge in [0.1, 0.15) is 0 Å². The topological polar surface area (TPSA) is 88.2 Å². The molecule has 0 aliphatic carbocycles. The molecule has 0 saturated heterocycles. The summed E-state index contributed by atoms with van der Waals surface area (Å²) in [4.78, 5) is 10.5. The van der Waals surface area contributed by atoms with Crippen LogP contribution in [0.5, 0.6) is 0 Å². The molecule has 6 heteroatoms. The normalized spacial score (nSPS) is 11.6. The Morgan fingerprint density at radius 3 is 2.52 bits per heavy atom. The number of aliphatic carboxylic acids is 1. The van der Waals surface area contributed by atoms with Gasteiger partial charge in [-0.15, -0.1) is 10.2 Å². The molecule has 0 spiro atoms. The van der Waals surface area contributed by atoms with Crippen LogP contribution in [0.1, 0.15) is 43.2 Å². The molecule has 29 heavy (non-hydrogen) atoms. The van der Waals surface area contributed by atoms with Crippen LogP contribution in [-0.2, 0) is 11.3 Å². The van der Waals surface area contributed by atoms with Gasteiger partial charge in [0.25, 0.3) is 0 Å². The SMILES string of the molecule is CCCC(=Cc1nnc(-c2ccc(CNCCC(=O)O)cc2)o1)c1ccccc1. The van der Waals surface area contributed by atoms with Gasteiger partial charge in [-0.25, -0.2) is 0 Å². The molecule has 3 rings (SSSR count). The minimum absolute atomic E-state index is 0.110. The highest BCUT2D eigenvalue weighted by molar-refractivity contribution is 5.79. The van der Waals surface area contributed by atoms with E-state index in [1.54, 1.807) is 0 Å². The number of nitrogens with one attached hydrogen (secondary N) is 1. The summed E-state index contributed by atoms with van der Waals surface area (Å²) in [5.74, 6) is 0.167. The molecule has 0 amide bonds. The third kappa shape index (κ3) is 6.12. The molecule has 0 bridgehead atoms. The molecule has 0 unspecified atom stereocenters. The number of hydrogen-bond acceptors (Lipinski definition) is 5. The summed E-state index contributed by atoms with van der Waals surface area (Å²) in [5, 5.41) is 20.1. The average molecular weight is 391 g/mol. The first kappa shape index (κ1) is 20.5. The van der Waals surface area contributed by atoms with Crippen molar-refractivity contribution in [2.75, 3.05) is 6.54 Å². The fourth-order valence-electron chi connectivity index (χ4n) is 2.97. The number of aromatic nitrogens is 2. The molecular weight excluding hydrogens is 366 g/mol. The second-order valence-electron chi connectivity index (χ2n) is 6.75. The lowest BCUT2D eigenvalue weighted by Gasteiger charge is -2.05. The Bertz CT molecular complexity index is 947. The van der Waals surface area contributed by atoms with Gasteiger partial charge >= 0.3 is 5.97 Å². The van der Waals surface area contributed by atoms with E-state index in [4.69, 9.17) is 9.52 Å². The molecule has 3 aromatic rings. The van der Waals surface area contributed by atoms with Crippen LogP contribution in [0, 0.1) is 0 Å². The summed E-state index contributed by atoms with van der Waals surface area (Å²) in [6, 6.07) is 18.0. The molecule has 1 heterocycles. The van der Waals surface area contributed by atoms with Crippen molar-refractivity contribution in [3.63, 3.8) is 0 Å². The summed E-state index contributed by atoms with van der Waals surface area (Å²) in [7, 11) is 0.